The highest BCUT2D eigenvalue weighted by molar-refractivity contribution is 7.97. The number of aliphatic imine (C=N–C) groups is 1. The van der Waals surface area contributed by atoms with Crippen LogP contribution in [0.3, 0.4) is 0 Å². The van der Waals surface area contributed by atoms with Crippen LogP contribution in [0.15, 0.2) is 23.2 Å². The molecule has 0 saturated carbocycles. The van der Waals surface area contributed by atoms with Crippen molar-refractivity contribution < 1.29 is 4.39 Å². The van der Waals surface area contributed by atoms with Crippen molar-refractivity contribution in [2.24, 2.45) is 10.7 Å². The van der Waals surface area contributed by atoms with Crippen molar-refractivity contribution in [1.29, 1.82) is 0 Å². The van der Waals surface area contributed by atoms with Crippen molar-refractivity contribution in [2.45, 2.75) is 32.2 Å². The third-order valence-electron chi connectivity index (χ3n) is 2.32. The van der Waals surface area contributed by atoms with Gasteiger partial charge in [-0.1, -0.05) is 6.07 Å². The molecule has 0 amide bonds. The molecule has 0 aliphatic carbocycles. The van der Waals surface area contributed by atoms with Crippen LogP contribution in [-0.2, 0) is 12.3 Å². The third kappa shape index (κ3) is 4.96. The van der Waals surface area contributed by atoms with E-state index >= 15 is 0 Å². The summed E-state index contributed by atoms with van der Waals surface area (Å²) >= 11 is 1.66. The Balaban J connectivity index is 2.77. The smallest absolute Gasteiger partial charge is 0.189 e. The maximum atomic E-state index is 13.2. The summed E-state index contributed by atoms with van der Waals surface area (Å²) in [5.41, 5.74) is 7.72. The van der Waals surface area contributed by atoms with Gasteiger partial charge in [0.25, 0.3) is 0 Å². The van der Waals surface area contributed by atoms with E-state index in [2.05, 4.69) is 10.3 Å². The molecule has 3 nitrogen and oxygen atoms in total. The van der Waals surface area contributed by atoms with Gasteiger partial charge in [0.2, 0.25) is 0 Å². The third-order valence-corrected chi connectivity index (χ3v) is 2.92. The number of hydrogen-bond donors (Lipinski definition) is 2. The van der Waals surface area contributed by atoms with Crippen molar-refractivity contribution in [2.75, 3.05) is 6.26 Å². The van der Waals surface area contributed by atoms with Crippen molar-refractivity contribution in [1.82, 2.24) is 5.32 Å². The Hall–Kier alpha value is -1.23. The molecule has 0 spiro atoms. The highest BCUT2D eigenvalue weighted by atomic mass is 32.2. The van der Waals surface area contributed by atoms with Crippen LogP contribution in [0.2, 0.25) is 0 Å². The highest BCUT2D eigenvalue weighted by Gasteiger charge is 2.04. The van der Waals surface area contributed by atoms with Gasteiger partial charge in [0.1, 0.15) is 5.82 Å². The molecule has 5 heteroatoms. The Morgan fingerprint density at radius 1 is 1.44 bits per heavy atom. The number of guanidine groups is 1. The molecule has 0 heterocycles. The molecule has 0 unspecified atom stereocenters. The van der Waals surface area contributed by atoms with Gasteiger partial charge in [-0.15, -0.1) is 0 Å². The Labute approximate surface area is 112 Å². The first kappa shape index (κ1) is 14.8. The molecular formula is C13H20FN3S. The van der Waals surface area contributed by atoms with Gasteiger partial charge < -0.3 is 11.1 Å². The van der Waals surface area contributed by atoms with Crippen LogP contribution in [-0.4, -0.2) is 18.3 Å². The lowest BCUT2D eigenvalue weighted by Gasteiger charge is -2.10. The second-order valence-electron chi connectivity index (χ2n) is 4.35. The van der Waals surface area contributed by atoms with Gasteiger partial charge in [-0.3, -0.25) is 0 Å². The van der Waals surface area contributed by atoms with Gasteiger partial charge in [0.15, 0.2) is 5.96 Å². The predicted octanol–water partition coefficient (Wildman–Crippen LogP) is 2.50. The summed E-state index contributed by atoms with van der Waals surface area (Å²) in [7, 11) is 0. The lowest BCUT2D eigenvalue weighted by Crippen LogP contribution is -2.36. The quantitative estimate of drug-likeness (QED) is 0.638. The zero-order valence-corrected chi connectivity index (χ0v) is 11.9. The van der Waals surface area contributed by atoms with E-state index in [0.717, 1.165) is 16.9 Å². The van der Waals surface area contributed by atoms with E-state index in [0.29, 0.717) is 12.5 Å². The Kier molecular flexibility index (Phi) is 5.98. The van der Waals surface area contributed by atoms with E-state index in [-0.39, 0.29) is 11.9 Å². The first-order valence-electron chi connectivity index (χ1n) is 5.85. The van der Waals surface area contributed by atoms with Gasteiger partial charge in [-0.2, -0.15) is 11.8 Å². The minimum absolute atomic E-state index is 0.208. The molecule has 0 atom stereocenters. The largest absolute Gasteiger partial charge is 0.370 e. The fourth-order valence-corrected chi connectivity index (χ4v) is 2.13. The summed E-state index contributed by atoms with van der Waals surface area (Å²) in [6.45, 7) is 4.47. The minimum atomic E-state index is -0.208. The van der Waals surface area contributed by atoms with E-state index in [1.807, 2.05) is 20.1 Å². The average Bonchev–Trinajstić information content (AvgIpc) is 2.27. The lowest BCUT2D eigenvalue weighted by atomic mass is 10.1. The number of hydrogen-bond acceptors (Lipinski definition) is 2. The molecule has 0 fully saturated rings. The molecule has 0 bridgehead atoms. The normalized spacial score (nSPS) is 11.9. The fourth-order valence-electron chi connectivity index (χ4n) is 1.55. The predicted molar refractivity (Wildman–Crippen MR) is 77.2 cm³/mol. The molecule has 1 aromatic carbocycles. The number of benzene rings is 1. The summed E-state index contributed by atoms with van der Waals surface area (Å²) < 4.78 is 13.2. The van der Waals surface area contributed by atoms with E-state index < -0.39 is 0 Å². The van der Waals surface area contributed by atoms with Crippen molar-refractivity contribution in [3.05, 3.63) is 35.1 Å². The number of rotatable bonds is 5. The number of nitrogens with two attached hydrogens (primary N) is 1. The van der Waals surface area contributed by atoms with Crippen LogP contribution in [0, 0.1) is 5.82 Å². The van der Waals surface area contributed by atoms with Crippen LogP contribution in [0.25, 0.3) is 0 Å². The molecule has 0 aromatic heterocycles. The Morgan fingerprint density at radius 2 is 2.17 bits per heavy atom. The summed E-state index contributed by atoms with van der Waals surface area (Å²) in [4.78, 5) is 4.26. The minimum Gasteiger partial charge on any atom is -0.370 e. The van der Waals surface area contributed by atoms with Crippen LogP contribution in [0.5, 0.6) is 0 Å². The number of nitrogens with one attached hydrogen (secondary N) is 1. The molecule has 1 rings (SSSR count). The van der Waals surface area contributed by atoms with Gasteiger partial charge in [-0.25, -0.2) is 9.38 Å². The Morgan fingerprint density at radius 3 is 2.78 bits per heavy atom. The van der Waals surface area contributed by atoms with Crippen LogP contribution < -0.4 is 11.1 Å². The summed E-state index contributed by atoms with van der Waals surface area (Å²) in [5, 5.41) is 3.02. The van der Waals surface area contributed by atoms with Crippen LogP contribution in [0.4, 0.5) is 4.39 Å². The average molecular weight is 269 g/mol. The highest BCUT2D eigenvalue weighted by Crippen LogP contribution is 2.17. The first-order chi connectivity index (χ1) is 8.52. The molecule has 0 aliphatic rings. The maximum absolute atomic E-state index is 13.2. The Bertz CT molecular complexity index is 419. The number of nitrogens with zero attached hydrogens (tertiary/aromatic N) is 1. The molecule has 100 valence electrons. The molecule has 0 saturated heterocycles. The van der Waals surface area contributed by atoms with Crippen LogP contribution >= 0.6 is 11.8 Å². The fraction of sp³-hybridized carbons (Fsp3) is 0.462. The lowest BCUT2D eigenvalue weighted by molar-refractivity contribution is 0.625. The monoisotopic (exact) mass is 269 g/mol. The summed E-state index contributed by atoms with van der Waals surface area (Å²) in [6, 6.07) is 5.05. The summed E-state index contributed by atoms with van der Waals surface area (Å²) in [5.74, 6) is 0.990. The zero-order chi connectivity index (χ0) is 13.5. The van der Waals surface area contributed by atoms with Crippen molar-refractivity contribution in [3.63, 3.8) is 0 Å². The van der Waals surface area contributed by atoms with Crippen LogP contribution in [0.1, 0.15) is 25.0 Å². The van der Waals surface area contributed by atoms with Crippen molar-refractivity contribution >= 4 is 17.7 Å². The van der Waals surface area contributed by atoms with Gasteiger partial charge in [0, 0.05) is 11.8 Å². The van der Waals surface area contributed by atoms with E-state index in [1.165, 1.54) is 6.07 Å². The summed E-state index contributed by atoms with van der Waals surface area (Å²) in [6.07, 6.45) is 1.99. The van der Waals surface area contributed by atoms with E-state index in [9.17, 15) is 4.39 Å². The molecule has 3 N–H and O–H groups in total. The second kappa shape index (κ2) is 7.26. The second-order valence-corrected chi connectivity index (χ2v) is 5.21. The van der Waals surface area contributed by atoms with Gasteiger partial charge >= 0.3 is 0 Å². The van der Waals surface area contributed by atoms with Crippen molar-refractivity contribution in [3.8, 4) is 0 Å². The molecule has 0 radical (unpaired) electrons. The molecule has 0 aliphatic heterocycles. The van der Waals surface area contributed by atoms with E-state index in [1.54, 1.807) is 23.9 Å². The molecular weight excluding hydrogens is 249 g/mol. The number of thioether (sulfide) groups is 1. The SMILES string of the molecule is CSCc1cc(F)ccc1CN=C(N)NC(C)C. The standard InChI is InChI=1S/C13H20FN3S/c1-9(2)17-13(15)16-7-10-4-5-12(14)6-11(10)8-18-3/h4-6,9H,7-8H2,1-3H3,(H3,15,16,17). The maximum Gasteiger partial charge on any atom is 0.189 e. The van der Waals surface area contributed by atoms with Gasteiger partial charge in [0.05, 0.1) is 6.54 Å². The molecule has 18 heavy (non-hydrogen) atoms. The van der Waals surface area contributed by atoms with E-state index in [4.69, 9.17) is 5.73 Å². The number of halogens is 1. The zero-order valence-electron chi connectivity index (χ0n) is 11.0. The first-order valence-corrected chi connectivity index (χ1v) is 7.25. The topological polar surface area (TPSA) is 50.4 Å². The molecule has 1 aromatic rings. The van der Waals surface area contributed by atoms with Gasteiger partial charge in [-0.05, 0) is 43.4 Å².